The highest BCUT2D eigenvalue weighted by atomic mass is 32.2. The number of hydrogen-bond donors (Lipinski definition) is 1. The van der Waals surface area contributed by atoms with Crippen molar-refractivity contribution < 1.29 is 4.79 Å². The number of imidazole rings is 1. The summed E-state index contributed by atoms with van der Waals surface area (Å²) in [6.07, 6.45) is 3.26. The van der Waals surface area contributed by atoms with Gasteiger partial charge in [-0.05, 0) is 24.6 Å². The van der Waals surface area contributed by atoms with Gasteiger partial charge in [0.2, 0.25) is 0 Å². The number of carbonyl (C=O) groups is 1. The Morgan fingerprint density at radius 1 is 1.12 bits per heavy atom. The molecule has 128 valence electrons. The zero-order valence-corrected chi connectivity index (χ0v) is 15.0. The van der Waals surface area contributed by atoms with Crippen molar-refractivity contribution >= 4 is 17.7 Å². The van der Waals surface area contributed by atoms with Crippen LogP contribution in [-0.2, 0) is 5.75 Å². The number of hydrogen-bond acceptors (Lipinski definition) is 3. The third kappa shape index (κ3) is 4.73. The van der Waals surface area contributed by atoms with Crippen LogP contribution in [0.3, 0.4) is 0 Å². The van der Waals surface area contributed by atoms with Crippen molar-refractivity contribution in [1.82, 2.24) is 14.9 Å². The van der Waals surface area contributed by atoms with Crippen LogP contribution >= 0.6 is 11.8 Å². The number of nitrogens with one attached hydrogen (secondary N) is 1. The number of amides is 1. The lowest BCUT2D eigenvalue weighted by atomic mass is 10.2. The molecule has 1 amide bonds. The molecule has 0 aliphatic carbocycles. The van der Waals surface area contributed by atoms with Crippen LogP contribution in [-0.4, -0.2) is 27.8 Å². The maximum Gasteiger partial charge on any atom is 0.269 e. The Labute approximate surface area is 152 Å². The van der Waals surface area contributed by atoms with E-state index in [4.69, 9.17) is 0 Å². The van der Waals surface area contributed by atoms with Crippen molar-refractivity contribution in [2.24, 2.45) is 0 Å². The normalized spacial score (nSPS) is 10.6. The molecule has 2 aromatic carbocycles. The molecule has 25 heavy (non-hydrogen) atoms. The van der Waals surface area contributed by atoms with Gasteiger partial charge in [-0.3, -0.25) is 9.36 Å². The fraction of sp³-hybridized carbons (Fsp3) is 0.200. The van der Waals surface area contributed by atoms with Crippen LogP contribution in [0.1, 0.15) is 21.6 Å². The molecule has 3 aromatic rings. The fourth-order valence-electron chi connectivity index (χ4n) is 2.46. The third-order valence-corrected chi connectivity index (χ3v) is 4.86. The molecule has 1 N–H and O–H groups in total. The Balaban J connectivity index is 1.47. The highest BCUT2D eigenvalue weighted by Gasteiger charge is 2.12. The summed E-state index contributed by atoms with van der Waals surface area (Å²) in [7, 11) is 0. The molecule has 0 saturated heterocycles. The van der Waals surface area contributed by atoms with E-state index in [-0.39, 0.29) is 5.91 Å². The number of thioether (sulfide) groups is 1. The first kappa shape index (κ1) is 17.3. The van der Waals surface area contributed by atoms with E-state index in [9.17, 15) is 4.79 Å². The van der Waals surface area contributed by atoms with Crippen LogP contribution < -0.4 is 5.32 Å². The molecule has 4 nitrogen and oxygen atoms in total. The maximum absolute atomic E-state index is 12.4. The van der Waals surface area contributed by atoms with Crippen molar-refractivity contribution in [3.63, 3.8) is 0 Å². The van der Waals surface area contributed by atoms with Crippen LogP contribution in [0.5, 0.6) is 0 Å². The Bertz CT molecular complexity index is 812. The summed E-state index contributed by atoms with van der Waals surface area (Å²) in [4.78, 5) is 16.5. The van der Waals surface area contributed by atoms with Crippen LogP contribution in [0.15, 0.2) is 67.1 Å². The summed E-state index contributed by atoms with van der Waals surface area (Å²) in [5.74, 6) is 1.73. The molecule has 5 heteroatoms. The number of benzene rings is 2. The number of para-hydroxylation sites is 1. The van der Waals surface area contributed by atoms with Crippen molar-refractivity contribution in [3.05, 3.63) is 83.9 Å². The Kier molecular flexibility index (Phi) is 5.90. The quantitative estimate of drug-likeness (QED) is 0.658. The molecule has 0 unspecified atom stereocenters. The topological polar surface area (TPSA) is 46.9 Å². The second kappa shape index (κ2) is 8.53. The largest absolute Gasteiger partial charge is 0.350 e. The van der Waals surface area contributed by atoms with E-state index in [2.05, 4.69) is 41.5 Å². The molecule has 1 heterocycles. The lowest BCUT2D eigenvalue weighted by Gasteiger charge is -2.09. The van der Waals surface area contributed by atoms with E-state index < -0.39 is 0 Å². The molecule has 1 aromatic heterocycles. The van der Waals surface area contributed by atoms with E-state index >= 15 is 0 Å². The summed E-state index contributed by atoms with van der Waals surface area (Å²) in [5, 5.41) is 2.97. The van der Waals surface area contributed by atoms with Gasteiger partial charge in [0, 0.05) is 23.7 Å². The number of rotatable bonds is 7. The highest BCUT2D eigenvalue weighted by molar-refractivity contribution is 7.98. The molecule has 0 aliphatic rings. The minimum Gasteiger partial charge on any atom is -0.350 e. The molecule has 0 radical (unpaired) electrons. The van der Waals surface area contributed by atoms with Crippen molar-refractivity contribution in [3.8, 4) is 5.69 Å². The Morgan fingerprint density at radius 2 is 1.88 bits per heavy atom. The summed E-state index contributed by atoms with van der Waals surface area (Å²) in [6.45, 7) is 2.72. The molecule has 0 aliphatic heterocycles. The summed E-state index contributed by atoms with van der Waals surface area (Å²) < 4.78 is 1.80. The van der Waals surface area contributed by atoms with Gasteiger partial charge in [-0.2, -0.15) is 11.8 Å². The van der Waals surface area contributed by atoms with Gasteiger partial charge in [0.25, 0.3) is 5.91 Å². The van der Waals surface area contributed by atoms with Gasteiger partial charge in [-0.1, -0.05) is 48.0 Å². The number of aryl methyl sites for hydroxylation is 1. The summed E-state index contributed by atoms with van der Waals surface area (Å²) in [5.41, 5.74) is 4.06. The number of nitrogens with zero attached hydrogens (tertiary/aromatic N) is 2. The van der Waals surface area contributed by atoms with E-state index in [1.54, 1.807) is 17.1 Å². The average molecular weight is 351 g/mol. The van der Waals surface area contributed by atoms with Gasteiger partial charge in [0.1, 0.15) is 5.69 Å². The lowest BCUT2D eigenvalue weighted by molar-refractivity contribution is 0.0949. The fourth-order valence-corrected chi connectivity index (χ4v) is 3.28. The van der Waals surface area contributed by atoms with E-state index in [0.717, 1.165) is 17.2 Å². The van der Waals surface area contributed by atoms with Crippen molar-refractivity contribution in [1.29, 1.82) is 0 Å². The Morgan fingerprint density at radius 3 is 2.64 bits per heavy atom. The first-order chi connectivity index (χ1) is 12.2. The first-order valence-electron chi connectivity index (χ1n) is 8.23. The molecular formula is C20H21N3OS. The molecular weight excluding hydrogens is 330 g/mol. The van der Waals surface area contributed by atoms with Crippen LogP contribution in [0.4, 0.5) is 0 Å². The smallest absolute Gasteiger partial charge is 0.269 e. The van der Waals surface area contributed by atoms with Gasteiger partial charge in [-0.25, -0.2) is 4.98 Å². The lowest BCUT2D eigenvalue weighted by Crippen LogP contribution is -2.27. The third-order valence-electron chi connectivity index (χ3n) is 3.83. The average Bonchev–Trinajstić information content (AvgIpc) is 3.13. The predicted octanol–water partition coefficient (Wildman–Crippen LogP) is 3.84. The van der Waals surface area contributed by atoms with E-state index in [1.165, 1.54) is 11.1 Å². The first-order valence-corrected chi connectivity index (χ1v) is 9.39. The molecule has 0 saturated carbocycles. The molecule has 0 atom stereocenters. The Hall–Kier alpha value is -2.53. The monoisotopic (exact) mass is 351 g/mol. The zero-order valence-electron chi connectivity index (χ0n) is 14.2. The van der Waals surface area contributed by atoms with E-state index in [0.29, 0.717) is 12.2 Å². The number of aromatic nitrogens is 2. The SMILES string of the molecule is Cc1ccc(CSCCNC(=O)c2cncn2-c2ccccc2)cc1. The van der Waals surface area contributed by atoms with Gasteiger partial charge in [0.05, 0.1) is 12.5 Å². The van der Waals surface area contributed by atoms with Crippen LogP contribution in [0.2, 0.25) is 0 Å². The highest BCUT2D eigenvalue weighted by Crippen LogP contribution is 2.13. The van der Waals surface area contributed by atoms with Gasteiger partial charge in [0.15, 0.2) is 0 Å². The minimum absolute atomic E-state index is 0.0997. The van der Waals surface area contributed by atoms with Gasteiger partial charge in [-0.15, -0.1) is 0 Å². The number of carbonyl (C=O) groups excluding carboxylic acids is 1. The predicted molar refractivity (Wildman–Crippen MR) is 103 cm³/mol. The maximum atomic E-state index is 12.4. The van der Waals surface area contributed by atoms with Crippen molar-refractivity contribution in [2.45, 2.75) is 12.7 Å². The van der Waals surface area contributed by atoms with E-state index in [1.807, 2.05) is 42.1 Å². The summed E-state index contributed by atoms with van der Waals surface area (Å²) >= 11 is 1.81. The second-order valence-electron chi connectivity index (χ2n) is 5.78. The van der Waals surface area contributed by atoms with Gasteiger partial charge >= 0.3 is 0 Å². The second-order valence-corrected chi connectivity index (χ2v) is 6.88. The molecule has 0 fully saturated rings. The molecule has 0 bridgehead atoms. The minimum atomic E-state index is -0.0997. The van der Waals surface area contributed by atoms with Crippen LogP contribution in [0.25, 0.3) is 5.69 Å². The van der Waals surface area contributed by atoms with Gasteiger partial charge < -0.3 is 5.32 Å². The van der Waals surface area contributed by atoms with Crippen molar-refractivity contribution in [2.75, 3.05) is 12.3 Å². The standard InChI is InChI=1S/C20H21N3OS/c1-16-7-9-17(10-8-16)14-25-12-11-22-20(24)19-13-21-15-23(19)18-5-3-2-4-6-18/h2-10,13,15H,11-12,14H2,1H3,(H,22,24). The zero-order chi connectivity index (χ0) is 17.5. The molecule has 0 spiro atoms. The summed E-state index contributed by atoms with van der Waals surface area (Å²) in [6, 6.07) is 18.3. The molecule has 3 rings (SSSR count). The van der Waals surface area contributed by atoms with Crippen LogP contribution in [0, 0.1) is 6.92 Å².